The standard InChI is InChI=1S/C8H16N2S/c1-8(2)6(3-4-11-8)5-7(9)10/h6H,3-5H2,1-2H3,(H3,9,10). The Bertz CT molecular complexity index is 165. The van der Waals surface area contributed by atoms with Crippen LogP contribution >= 0.6 is 11.8 Å². The highest BCUT2D eigenvalue weighted by molar-refractivity contribution is 8.00. The second kappa shape index (κ2) is 3.05. The third kappa shape index (κ3) is 2.12. The number of nitrogens with one attached hydrogen (secondary N) is 1. The fraction of sp³-hybridized carbons (Fsp3) is 0.875. The van der Waals surface area contributed by atoms with Crippen LogP contribution in [0.2, 0.25) is 0 Å². The van der Waals surface area contributed by atoms with Gasteiger partial charge in [-0.1, -0.05) is 13.8 Å². The molecule has 1 aliphatic heterocycles. The molecule has 1 rings (SSSR count). The van der Waals surface area contributed by atoms with Crippen molar-refractivity contribution in [3.05, 3.63) is 0 Å². The fourth-order valence-electron chi connectivity index (χ4n) is 1.54. The molecule has 1 unspecified atom stereocenters. The van der Waals surface area contributed by atoms with E-state index in [4.69, 9.17) is 11.1 Å². The van der Waals surface area contributed by atoms with Crippen molar-refractivity contribution in [2.24, 2.45) is 11.7 Å². The number of rotatable bonds is 2. The van der Waals surface area contributed by atoms with E-state index in [1.54, 1.807) is 0 Å². The predicted molar refractivity (Wildman–Crippen MR) is 51.2 cm³/mol. The molecule has 0 aliphatic carbocycles. The monoisotopic (exact) mass is 172 g/mol. The molecule has 1 fully saturated rings. The van der Waals surface area contributed by atoms with Crippen LogP contribution in [0.1, 0.15) is 26.7 Å². The van der Waals surface area contributed by atoms with Crippen LogP contribution in [0.5, 0.6) is 0 Å². The average molecular weight is 172 g/mol. The van der Waals surface area contributed by atoms with Crippen molar-refractivity contribution in [2.45, 2.75) is 31.4 Å². The molecule has 0 bridgehead atoms. The molecule has 11 heavy (non-hydrogen) atoms. The lowest BCUT2D eigenvalue weighted by Gasteiger charge is -2.25. The SMILES string of the molecule is CC1(C)SCCC1CC(=N)N. The minimum atomic E-state index is 0.338. The molecule has 1 atom stereocenters. The van der Waals surface area contributed by atoms with Gasteiger partial charge in [-0.05, 0) is 18.1 Å². The Balaban J connectivity index is 2.51. The minimum Gasteiger partial charge on any atom is -0.388 e. The van der Waals surface area contributed by atoms with Crippen LogP contribution < -0.4 is 5.73 Å². The maximum atomic E-state index is 7.20. The largest absolute Gasteiger partial charge is 0.388 e. The first-order valence-electron chi connectivity index (χ1n) is 3.99. The molecular weight excluding hydrogens is 156 g/mol. The van der Waals surface area contributed by atoms with Crippen molar-refractivity contribution in [3.63, 3.8) is 0 Å². The van der Waals surface area contributed by atoms with Crippen molar-refractivity contribution in [1.82, 2.24) is 0 Å². The Morgan fingerprint density at radius 2 is 2.36 bits per heavy atom. The number of hydrogen-bond acceptors (Lipinski definition) is 2. The second-order valence-corrected chi connectivity index (χ2v) is 5.42. The lowest BCUT2D eigenvalue weighted by Crippen LogP contribution is -2.26. The topological polar surface area (TPSA) is 49.9 Å². The Labute approximate surface area is 72.4 Å². The summed E-state index contributed by atoms with van der Waals surface area (Å²) in [4.78, 5) is 0. The summed E-state index contributed by atoms with van der Waals surface area (Å²) in [6.45, 7) is 4.50. The van der Waals surface area contributed by atoms with Gasteiger partial charge in [-0.2, -0.15) is 11.8 Å². The Kier molecular flexibility index (Phi) is 2.47. The van der Waals surface area contributed by atoms with Crippen LogP contribution in [0.25, 0.3) is 0 Å². The molecule has 1 saturated heterocycles. The van der Waals surface area contributed by atoms with Gasteiger partial charge in [-0.3, -0.25) is 5.41 Å². The Morgan fingerprint density at radius 3 is 2.73 bits per heavy atom. The van der Waals surface area contributed by atoms with Gasteiger partial charge in [0.2, 0.25) is 0 Å². The molecule has 3 heteroatoms. The predicted octanol–water partition coefficient (Wildman–Crippen LogP) is 1.84. The molecule has 0 spiro atoms. The summed E-state index contributed by atoms with van der Waals surface area (Å²) in [6.07, 6.45) is 2.00. The number of hydrogen-bond donors (Lipinski definition) is 2. The van der Waals surface area contributed by atoms with Gasteiger partial charge in [0.15, 0.2) is 0 Å². The van der Waals surface area contributed by atoms with E-state index >= 15 is 0 Å². The van der Waals surface area contributed by atoms with Crippen LogP contribution in [0.4, 0.5) is 0 Å². The Hall–Kier alpha value is -0.180. The normalized spacial score (nSPS) is 28.7. The maximum Gasteiger partial charge on any atom is 0.0908 e. The molecule has 64 valence electrons. The van der Waals surface area contributed by atoms with Gasteiger partial charge < -0.3 is 5.73 Å². The quantitative estimate of drug-likeness (QED) is 0.493. The minimum absolute atomic E-state index is 0.338. The maximum absolute atomic E-state index is 7.20. The summed E-state index contributed by atoms with van der Waals surface area (Å²) in [5.41, 5.74) is 5.37. The summed E-state index contributed by atoms with van der Waals surface area (Å²) in [7, 11) is 0. The molecule has 0 amide bonds. The molecule has 0 aromatic carbocycles. The van der Waals surface area contributed by atoms with E-state index in [9.17, 15) is 0 Å². The molecule has 1 heterocycles. The molecular formula is C8H16N2S. The average Bonchev–Trinajstić information content (AvgIpc) is 2.10. The van der Waals surface area contributed by atoms with Crippen molar-refractivity contribution < 1.29 is 0 Å². The molecule has 1 aliphatic rings. The van der Waals surface area contributed by atoms with Gasteiger partial charge in [0.05, 0.1) is 5.84 Å². The third-order valence-corrected chi connectivity index (χ3v) is 3.91. The van der Waals surface area contributed by atoms with Crippen LogP contribution in [-0.4, -0.2) is 16.3 Å². The number of nitrogens with two attached hydrogens (primary N) is 1. The number of amidine groups is 1. The lowest BCUT2D eigenvalue weighted by molar-refractivity contribution is 0.449. The van der Waals surface area contributed by atoms with Crippen LogP contribution in [-0.2, 0) is 0 Å². The van der Waals surface area contributed by atoms with Gasteiger partial charge in [-0.25, -0.2) is 0 Å². The zero-order valence-electron chi connectivity index (χ0n) is 7.18. The van der Waals surface area contributed by atoms with E-state index in [0.29, 0.717) is 16.5 Å². The molecule has 0 aromatic rings. The highest BCUT2D eigenvalue weighted by Crippen LogP contribution is 2.43. The van der Waals surface area contributed by atoms with Crippen molar-refractivity contribution in [2.75, 3.05) is 5.75 Å². The highest BCUT2D eigenvalue weighted by Gasteiger charge is 2.35. The highest BCUT2D eigenvalue weighted by atomic mass is 32.2. The molecule has 3 N–H and O–H groups in total. The van der Waals surface area contributed by atoms with E-state index in [2.05, 4.69) is 13.8 Å². The summed E-state index contributed by atoms with van der Waals surface area (Å²) < 4.78 is 0.339. The van der Waals surface area contributed by atoms with Crippen molar-refractivity contribution in [1.29, 1.82) is 5.41 Å². The molecule has 0 aromatic heterocycles. The smallest absolute Gasteiger partial charge is 0.0908 e. The van der Waals surface area contributed by atoms with Crippen LogP contribution in [0.15, 0.2) is 0 Å². The molecule has 2 nitrogen and oxygen atoms in total. The van der Waals surface area contributed by atoms with Gasteiger partial charge >= 0.3 is 0 Å². The lowest BCUT2D eigenvalue weighted by atomic mass is 9.89. The third-order valence-electron chi connectivity index (χ3n) is 2.39. The first-order chi connectivity index (χ1) is 5.02. The zero-order chi connectivity index (χ0) is 8.48. The molecule has 0 radical (unpaired) electrons. The van der Waals surface area contributed by atoms with E-state index in [1.165, 1.54) is 12.2 Å². The summed E-state index contributed by atoms with van der Waals surface area (Å²) in [5.74, 6) is 2.18. The molecule has 0 saturated carbocycles. The fourth-order valence-corrected chi connectivity index (χ4v) is 2.91. The van der Waals surface area contributed by atoms with E-state index in [0.717, 1.165) is 6.42 Å². The van der Waals surface area contributed by atoms with E-state index in [-0.39, 0.29) is 0 Å². The number of thioether (sulfide) groups is 1. The van der Waals surface area contributed by atoms with Gasteiger partial charge in [0.25, 0.3) is 0 Å². The summed E-state index contributed by atoms with van der Waals surface area (Å²) >= 11 is 2.00. The van der Waals surface area contributed by atoms with E-state index in [1.807, 2.05) is 11.8 Å². The van der Waals surface area contributed by atoms with Crippen LogP contribution in [0.3, 0.4) is 0 Å². The van der Waals surface area contributed by atoms with Crippen molar-refractivity contribution in [3.8, 4) is 0 Å². The van der Waals surface area contributed by atoms with E-state index < -0.39 is 0 Å². The summed E-state index contributed by atoms with van der Waals surface area (Å²) in [5, 5.41) is 7.20. The Morgan fingerprint density at radius 1 is 1.73 bits per heavy atom. The summed E-state index contributed by atoms with van der Waals surface area (Å²) in [6, 6.07) is 0. The first kappa shape index (κ1) is 8.91. The zero-order valence-corrected chi connectivity index (χ0v) is 8.00. The van der Waals surface area contributed by atoms with Crippen molar-refractivity contribution >= 4 is 17.6 Å². The van der Waals surface area contributed by atoms with Crippen LogP contribution in [0, 0.1) is 11.3 Å². The van der Waals surface area contributed by atoms with Gasteiger partial charge in [0, 0.05) is 11.2 Å². The first-order valence-corrected chi connectivity index (χ1v) is 4.98. The van der Waals surface area contributed by atoms with Gasteiger partial charge in [-0.15, -0.1) is 0 Å². The second-order valence-electron chi connectivity index (χ2n) is 3.67. The van der Waals surface area contributed by atoms with Gasteiger partial charge in [0.1, 0.15) is 0 Å².